The number of aldehydes is 1. The van der Waals surface area contributed by atoms with Crippen molar-refractivity contribution in [1.29, 1.82) is 0 Å². The first-order valence-corrected chi connectivity index (χ1v) is 10.1. The molecule has 0 aliphatic rings. The zero-order valence-corrected chi connectivity index (χ0v) is 17.4. The van der Waals surface area contributed by atoms with Gasteiger partial charge in [-0.15, -0.1) is 23.1 Å². The second-order valence-corrected chi connectivity index (χ2v) is 7.74. The van der Waals surface area contributed by atoms with Crippen molar-refractivity contribution in [3.05, 3.63) is 35.9 Å². The molecule has 136 valence electrons. The highest BCUT2D eigenvalue weighted by Gasteiger charge is 2.19. The molecule has 1 atom stereocenters. The Hall–Kier alpha value is -1.40. The molecule has 1 unspecified atom stereocenters. The summed E-state index contributed by atoms with van der Waals surface area (Å²) in [7, 11) is 1.92. The van der Waals surface area contributed by atoms with E-state index >= 15 is 0 Å². The Morgan fingerprint density at radius 2 is 1.96 bits per heavy atom. The van der Waals surface area contributed by atoms with E-state index in [9.17, 15) is 9.59 Å². The number of rotatable bonds is 4. The Kier molecular flexibility index (Phi) is 8.59. The third-order valence-corrected chi connectivity index (χ3v) is 4.77. The van der Waals surface area contributed by atoms with Gasteiger partial charge in [0.1, 0.15) is 10.6 Å². The van der Waals surface area contributed by atoms with E-state index in [0.29, 0.717) is 10.6 Å². The second-order valence-electron chi connectivity index (χ2n) is 5.84. The fraction of sp³-hybridized carbons (Fsp3) is 0.294. The topological polar surface area (TPSA) is 81.4 Å². The fourth-order valence-corrected chi connectivity index (χ4v) is 3.70. The summed E-state index contributed by atoms with van der Waals surface area (Å²) in [5, 5.41) is 3.17. The summed E-state index contributed by atoms with van der Waals surface area (Å²) in [6.45, 7) is 5.38. The molecule has 5 nitrogen and oxygen atoms in total. The number of carbonyl (C=O) groups is 2. The summed E-state index contributed by atoms with van der Waals surface area (Å²) in [6.07, 6.45) is 2.19. The van der Waals surface area contributed by atoms with Gasteiger partial charge in [0, 0.05) is 20.9 Å². The number of nitrogens with two attached hydrogens (primary N) is 1. The largest absolute Gasteiger partial charge is 0.444 e. The average Bonchev–Trinajstić information content (AvgIpc) is 2.97. The zero-order chi connectivity index (χ0) is 19.0. The smallest absolute Gasteiger partial charge is 0.412 e. The van der Waals surface area contributed by atoms with Crippen molar-refractivity contribution in [3.63, 3.8) is 0 Å². The van der Waals surface area contributed by atoms with Gasteiger partial charge in [0.15, 0.2) is 6.29 Å². The summed E-state index contributed by atoms with van der Waals surface area (Å²) < 4.78 is 5.24. The van der Waals surface area contributed by atoms with Gasteiger partial charge >= 0.3 is 6.09 Å². The molecule has 1 amide bonds. The normalized spacial score (nSPS) is 10.5. The van der Waals surface area contributed by atoms with Crippen molar-refractivity contribution in [1.82, 2.24) is 0 Å². The average molecular weight is 398 g/mol. The third-order valence-electron chi connectivity index (χ3n) is 2.87. The van der Waals surface area contributed by atoms with E-state index < -0.39 is 11.7 Å². The number of amides is 1. The molecule has 1 aromatic heterocycles. The van der Waals surface area contributed by atoms with Crippen molar-refractivity contribution in [2.45, 2.75) is 31.3 Å². The van der Waals surface area contributed by atoms with E-state index in [1.165, 1.54) is 11.3 Å². The number of thiophene rings is 1. The predicted octanol–water partition coefficient (Wildman–Crippen LogP) is 5.03. The minimum absolute atomic E-state index is 0.451. The SMILES string of the molecule is CSc1ccccc1-c1cc(C=O)c(NC(=O)OC(C)(C)C)s1.NP. The lowest BCUT2D eigenvalue weighted by molar-refractivity contribution is 0.0636. The molecule has 0 spiro atoms. The van der Waals surface area contributed by atoms with Gasteiger partial charge in [-0.3, -0.25) is 10.1 Å². The molecule has 0 aliphatic heterocycles. The van der Waals surface area contributed by atoms with E-state index in [1.54, 1.807) is 38.6 Å². The van der Waals surface area contributed by atoms with E-state index in [1.807, 2.05) is 39.9 Å². The first kappa shape index (κ1) is 21.6. The van der Waals surface area contributed by atoms with Crippen LogP contribution in [-0.4, -0.2) is 24.2 Å². The first-order chi connectivity index (χ1) is 11.8. The molecule has 0 aliphatic carbocycles. The minimum Gasteiger partial charge on any atom is -0.444 e. The molecule has 2 rings (SSSR count). The van der Waals surface area contributed by atoms with E-state index in [-0.39, 0.29) is 0 Å². The summed E-state index contributed by atoms with van der Waals surface area (Å²) in [6, 6.07) is 9.75. The standard InChI is InChI=1S/C17H19NO3S2.H4NP/c1-17(2,3)21-16(20)18-15-11(10-19)9-14(23-15)12-7-5-6-8-13(12)22-4;1-2/h5-10H,1-4H3,(H,18,20);1-2H2. The Morgan fingerprint density at radius 3 is 2.52 bits per heavy atom. The molecule has 8 heteroatoms. The molecule has 0 fully saturated rings. The Labute approximate surface area is 159 Å². The highest BCUT2D eigenvalue weighted by atomic mass is 32.2. The third kappa shape index (κ3) is 6.44. The lowest BCUT2D eigenvalue weighted by Crippen LogP contribution is -2.27. The molecule has 0 bridgehead atoms. The first-order valence-electron chi connectivity index (χ1n) is 7.40. The Bertz CT molecular complexity index is 727. The van der Waals surface area contributed by atoms with Crippen LogP contribution in [0.25, 0.3) is 10.4 Å². The maximum absolute atomic E-state index is 11.9. The molecular formula is C17H23N2O3PS2. The van der Waals surface area contributed by atoms with Crippen molar-refractivity contribution < 1.29 is 14.3 Å². The fourth-order valence-electron chi connectivity index (χ4n) is 1.97. The number of hydrogen-bond donors (Lipinski definition) is 2. The summed E-state index contributed by atoms with van der Waals surface area (Å²) in [5.41, 5.74) is 5.33. The maximum atomic E-state index is 11.9. The van der Waals surface area contributed by atoms with Crippen LogP contribution in [0.5, 0.6) is 0 Å². The van der Waals surface area contributed by atoms with Gasteiger partial charge < -0.3 is 10.2 Å². The van der Waals surface area contributed by atoms with E-state index in [2.05, 4.69) is 10.8 Å². The maximum Gasteiger partial charge on any atom is 0.412 e. The van der Waals surface area contributed by atoms with Gasteiger partial charge in [-0.2, -0.15) is 0 Å². The minimum atomic E-state index is -0.586. The quantitative estimate of drug-likeness (QED) is 0.429. The number of carbonyl (C=O) groups excluding carboxylic acids is 2. The Morgan fingerprint density at radius 1 is 1.32 bits per heavy atom. The van der Waals surface area contributed by atoms with Crippen molar-refractivity contribution in [2.75, 3.05) is 11.6 Å². The van der Waals surface area contributed by atoms with Crippen LogP contribution in [0.4, 0.5) is 9.80 Å². The monoisotopic (exact) mass is 398 g/mol. The van der Waals surface area contributed by atoms with Crippen molar-refractivity contribution in [2.24, 2.45) is 5.50 Å². The highest BCUT2D eigenvalue weighted by molar-refractivity contribution is 7.98. The number of ether oxygens (including phenoxy) is 1. The van der Waals surface area contributed by atoms with Crippen LogP contribution in [0.2, 0.25) is 0 Å². The summed E-state index contributed by atoms with van der Waals surface area (Å²) in [5.74, 6) is 0. The molecule has 1 heterocycles. The van der Waals surface area contributed by atoms with E-state index in [0.717, 1.165) is 21.6 Å². The number of hydrogen-bond acceptors (Lipinski definition) is 6. The molecular weight excluding hydrogens is 375 g/mol. The molecule has 25 heavy (non-hydrogen) atoms. The zero-order valence-electron chi connectivity index (χ0n) is 14.7. The molecule has 0 saturated carbocycles. The number of nitrogens with one attached hydrogen (secondary N) is 1. The van der Waals surface area contributed by atoms with Gasteiger partial charge in [0.2, 0.25) is 0 Å². The number of benzene rings is 1. The van der Waals surface area contributed by atoms with Gasteiger partial charge in [-0.25, -0.2) is 4.79 Å². The van der Waals surface area contributed by atoms with Crippen LogP contribution in [0, 0.1) is 0 Å². The van der Waals surface area contributed by atoms with Crippen molar-refractivity contribution >= 4 is 49.9 Å². The van der Waals surface area contributed by atoms with Crippen molar-refractivity contribution in [3.8, 4) is 10.4 Å². The van der Waals surface area contributed by atoms with Gasteiger partial charge in [-0.1, -0.05) is 27.6 Å². The molecule has 0 radical (unpaired) electrons. The predicted molar refractivity (Wildman–Crippen MR) is 111 cm³/mol. The molecule has 2 aromatic rings. The molecule has 1 aromatic carbocycles. The van der Waals surface area contributed by atoms with Crippen LogP contribution < -0.4 is 10.8 Å². The lowest BCUT2D eigenvalue weighted by Gasteiger charge is -2.19. The summed E-state index contributed by atoms with van der Waals surface area (Å²) in [4.78, 5) is 25.3. The highest BCUT2D eigenvalue weighted by Crippen LogP contribution is 2.38. The van der Waals surface area contributed by atoms with Crippen LogP contribution in [0.1, 0.15) is 31.1 Å². The second kappa shape index (κ2) is 9.92. The lowest BCUT2D eigenvalue weighted by atomic mass is 10.1. The van der Waals surface area contributed by atoms with E-state index in [4.69, 9.17) is 4.74 Å². The van der Waals surface area contributed by atoms with Gasteiger partial charge in [0.25, 0.3) is 0 Å². The Balaban J connectivity index is 0.00000151. The molecule has 0 saturated heterocycles. The van der Waals surface area contributed by atoms with Crippen LogP contribution in [0.15, 0.2) is 35.2 Å². The van der Waals surface area contributed by atoms with Crippen LogP contribution in [0.3, 0.4) is 0 Å². The van der Waals surface area contributed by atoms with Crippen LogP contribution >= 0.6 is 32.5 Å². The van der Waals surface area contributed by atoms with Crippen LogP contribution in [-0.2, 0) is 4.74 Å². The van der Waals surface area contributed by atoms with Gasteiger partial charge in [0.05, 0.1) is 0 Å². The summed E-state index contributed by atoms with van der Waals surface area (Å²) >= 11 is 3.01. The van der Waals surface area contributed by atoms with Gasteiger partial charge in [-0.05, 0) is 39.2 Å². The number of anilines is 1. The number of thioether (sulfide) groups is 1. The molecule has 3 N–H and O–H groups in total.